The topological polar surface area (TPSA) is 128 Å². The first-order valence-electron chi connectivity index (χ1n) is 14.6. The fourth-order valence-electron chi connectivity index (χ4n) is 5.79. The SMILES string of the molecule is CC(C)COC(=O)N(C)C1CCN(C(C(=O)CN2CCC[C@H](NS(=O)(=O)C=Cc3ccc(Cl)s3)C2=O)C2CCCN2)C1. The molecular formula is C28H42ClN5O6S2. The van der Waals surface area contributed by atoms with Gasteiger partial charge in [-0.3, -0.25) is 14.5 Å². The molecule has 11 nitrogen and oxygen atoms in total. The van der Waals surface area contributed by atoms with E-state index in [0.717, 1.165) is 31.2 Å². The number of rotatable bonds is 12. The summed E-state index contributed by atoms with van der Waals surface area (Å²) in [7, 11) is -2.15. The summed E-state index contributed by atoms with van der Waals surface area (Å²) >= 11 is 7.17. The Hall–Kier alpha value is -2.03. The van der Waals surface area contributed by atoms with E-state index in [4.69, 9.17) is 16.3 Å². The van der Waals surface area contributed by atoms with Crippen LogP contribution in [-0.4, -0.2) is 111 Å². The first kappa shape index (κ1) is 32.9. The molecule has 0 saturated carbocycles. The summed E-state index contributed by atoms with van der Waals surface area (Å²) in [5.74, 6) is -0.227. The number of amides is 2. The Bertz CT molecular complexity index is 1250. The fourth-order valence-corrected chi connectivity index (χ4v) is 7.86. The summed E-state index contributed by atoms with van der Waals surface area (Å²) in [5.41, 5.74) is 0. The number of ether oxygens (including phenoxy) is 1. The Morgan fingerprint density at radius 1 is 1.24 bits per heavy atom. The molecule has 0 bridgehead atoms. The number of nitrogens with zero attached hydrogens (tertiary/aromatic N) is 3. The third-order valence-corrected chi connectivity index (χ3v) is 10.3. The predicted octanol–water partition coefficient (Wildman–Crippen LogP) is 2.77. The van der Waals surface area contributed by atoms with Gasteiger partial charge in [-0.15, -0.1) is 11.3 Å². The van der Waals surface area contributed by atoms with Crippen molar-refractivity contribution in [1.82, 2.24) is 24.7 Å². The third-order valence-electron chi connectivity index (χ3n) is 7.96. The highest BCUT2D eigenvalue weighted by atomic mass is 35.5. The maximum absolute atomic E-state index is 13.8. The van der Waals surface area contributed by atoms with Crippen molar-refractivity contribution in [3.63, 3.8) is 0 Å². The molecule has 4 heterocycles. The second-order valence-electron chi connectivity index (χ2n) is 11.7. The van der Waals surface area contributed by atoms with Crippen LogP contribution in [0.4, 0.5) is 4.79 Å². The van der Waals surface area contributed by atoms with Crippen molar-refractivity contribution in [1.29, 1.82) is 0 Å². The van der Waals surface area contributed by atoms with Gasteiger partial charge in [0.15, 0.2) is 5.78 Å². The lowest BCUT2D eigenvalue weighted by molar-refractivity contribution is -0.140. The zero-order valence-corrected chi connectivity index (χ0v) is 26.8. The molecule has 42 heavy (non-hydrogen) atoms. The molecule has 2 N–H and O–H groups in total. The number of sulfonamides is 1. The number of hydrogen-bond donors (Lipinski definition) is 2. The number of halogens is 1. The van der Waals surface area contributed by atoms with E-state index in [-0.39, 0.29) is 36.4 Å². The summed E-state index contributed by atoms with van der Waals surface area (Å²) in [6, 6.07) is 1.91. The van der Waals surface area contributed by atoms with Crippen LogP contribution in [0.1, 0.15) is 50.8 Å². The van der Waals surface area contributed by atoms with E-state index in [1.807, 2.05) is 13.8 Å². The summed E-state index contributed by atoms with van der Waals surface area (Å²) in [4.78, 5) is 45.6. The Balaban J connectivity index is 1.38. The molecule has 4 rings (SSSR count). The predicted molar refractivity (Wildman–Crippen MR) is 164 cm³/mol. The van der Waals surface area contributed by atoms with Crippen LogP contribution in [-0.2, 0) is 24.3 Å². The summed E-state index contributed by atoms with van der Waals surface area (Å²) in [6.07, 6.45) is 4.56. The number of likely N-dealkylation sites (N-methyl/N-ethyl adjacent to an activating group) is 1. The molecule has 0 aliphatic carbocycles. The standard InChI is InChI=1S/C28H42ClN5O6S2/c1-19(2)18-40-28(37)32(3)20-10-14-33(16-20)26(22-6-4-12-30-22)24(35)17-34-13-5-7-23(27(34)36)31-42(38,39)15-11-21-8-9-25(29)41-21/h8-9,11,15,19-20,22-23,26,30-31H,4-7,10,12-14,16-18H2,1-3H3/t20?,22?,23-,26?/m0/s1. The lowest BCUT2D eigenvalue weighted by atomic mass is 9.98. The molecule has 4 atom stereocenters. The van der Waals surface area contributed by atoms with E-state index in [2.05, 4.69) is 14.9 Å². The van der Waals surface area contributed by atoms with Crippen LogP contribution in [0.3, 0.4) is 0 Å². The Kier molecular flexibility index (Phi) is 11.5. The highest BCUT2D eigenvalue weighted by molar-refractivity contribution is 7.92. The van der Waals surface area contributed by atoms with Crippen molar-refractivity contribution in [3.8, 4) is 0 Å². The molecule has 234 valence electrons. The summed E-state index contributed by atoms with van der Waals surface area (Å²) < 4.78 is 33.9. The molecule has 14 heteroatoms. The lowest BCUT2D eigenvalue weighted by Crippen LogP contribution is -2.58. The van der Waals surface area contributed by atoms with Crippen molar-refractivity contribution in [2.75, 3.05) is 46.4 Å². The number of carbonyl (C=O) groups excluding carboxylic acids is 3. The van der Waals surface area contributed by atoms with Gasteiger partial charge in [0.2, 0.25) is 15.9 Å². The van der Waals surface area contributed by atoms with Crippen molar-refractivity contribution in [2.45, 2.75) is 70.1 Å². The molecule has 0 spiro atoms. The van der Waals surface area contributed by atoms with E-state index >= 15 is 0 Å². The summed E-state index contributed by atoms with van der Waals surface area (Å²) in [5, 5.41) is 4.49. The van der Waals surface area contributed by atoms with E-state index in [0.29, 0.717) is 48.3 Å². The van der Waals surface area contributed by atoms with Gasteiger partial charge >= 0.3 is 6.09 Å². The number of piperidine rings is 1. The molecular weight excluding hydrogens is 602 g/mol. The van der Waals surface area contributed by atoms with Gasteiger partial charge in [-0.05, 0) is 62.8 Å². The molecule has 3 fully saturated rings. The van der Waals surface area contributed by atoms with Crippen LogP contribution >= 0.6 is 22.9 Å². The molecule has 0 aromatic carbocycles. The van der Waals surface area contributed by atoms with Crippen molar-refractivity contribution in [3.05, 3.63) is 26.8 Å². The van der Waals surface area contributed by atoms with Gasteiger partial charge in [0, 0.05) is 49.1 Å². The zero-order chi connectivity index (χ0) is 30.4. The number of thiophene rings is 1. The van der Waals surface area contributed by atoms with E-state index < -0.39 is 28.0 Å². The van der Waals surface area contributed by atoms with Gasteiger partial charge in [-0.2, -0.15) is 4.72 Å². The smallest absolute Gasteiger partial charge is 0.409 e. The average Bonchev–Trinajstić information content (AvgIpc) is 3.71. The largest absolute Gasteiger partial charge is 0.449 e. The second kappa shape index (κ2) is 14.6. The maximum Gasteiger partial charge on any atom is 0.409 e. The van der Waals surface area contributed by atoms with Crippen molar-refractivity contribution < 1.29 is 27.5 Å². The molecule has 1 aromatic heterocycles. The number of ketones is 1. The molecule has 3 unspecified atom stereocenters. The molecule has 1 aromatic rings. The first-order chi connectivity index (χ1) is 19.9. The maximum atomic E-state index is 13.8. The van der Waals surface area contributed by atoms with Gasteiger partial charge in [0.25, 0.3) is 0 Å². The van der Waals surface area contributed by atoms with Gasteiger partial charge in [0.05, 0.1) is 23.5 Å². The minimum atomic E-state index is -3.89. The van der Waals surface area contributed by atoms with Crippen molar-refractivity contribution in [2.24, 2.45) is 5.92 Å². The quantitative estimate of drug-likeness (QED) is 0.356. The molecule has 2 amide bonds. The van der Waals surface area contributed by atoms with Crippen LogP contribution in [0.25, 0.3) is 6.08 Å². The Labute approximate surface area is 257 Å². The zero-order valence-electron chi connectivity index (χ0n) is 24.5. The van der Waals surface area contributed by atoms with Crippen molar-refractivity contribution >= 4 is 56.8 Å². The Morgan fingerprint density at radius 3 is 2.69 bits per heavy atom. The van der Waals surface area contributed by atoms with Gasteiger partial charge in [0.1, 0.15) is 6.04 Å². The fraction of sp³-hybridized carbons (Fsp3) is 0.679. The van der Waals surface area contributed by atoms with Crippen LogP contribution in [0.2, 0.25) is 4.34 Å². The molecule has 0 radical (unpaired) electrons. The molecule has 3 aliphatic heterocycles. The minimum Gasteiger partial charge on any atom is -0.449 e. The van der Waals surface area contributed by atoms with E-state index in [9.17, 15) is 22.8 Å². The minimum absolute atomic E-state index is 0.0421. The molecule has 3 saturated heterocycles. The lowest BCUT2D eigenvalue weighted by Gasteiger charge is -2.36. The highest BCUT2D eigenvalue weighted by Crippen LogP contribution is 2.25. The highest BCUT2D eigenvalue weighted by Gasteiger charge is 2.42. The van der Waals surface area contributed by atoms with Crippen LogP contribution in [0, 0.1) is 5.92 Å². The average molecular weight is 644 g/mol. The van der Waals surface area contributed by atoms with Crippen LogP contribution in [0.15, 0.2) is 17.5 Å². The third kappa shape index (κ3) is 8.76. The number of nitrogens with one attached hydrogen (secondary N) is 2. The Morgan fingerprint density at radius 2 is 2.02 bits per heavy atom. The van der Waals surface area contributed by atoms with E-state index in [1.54, 1.807) is 24.1 Å². The van der Waals surface area contributed by atoms with Crippen LogP contribution in [0.5, 0.6) is 0 Å². The molecule has 3 aliphatic rings. The normalized spacial score (nSPS) is 24.5. The number of Topliss-reactive ketones (excluding diaryl/α,β-unsaturated/α-hetero) is 1. The van der Waals surface area contributed by atoms with Gasteiger partial charge < -0.3 is 19.9 Å². The number of carbonyl (C=O) groups is 3. The van der Waals surface area contributed by atoms with E-state index in [1.165, 1.54) is 22.3 Å². The van der Waals surface area contributed by atoms with Gasteiger partial charge in [-0.25, -0.2) is 13.2 Å². The number of hydrogen-bond acceptors (Lipinski definition) is 9. The van der Waals surface area contributed by atoms with Gasteiger partial charge in [-0.1, -0.05) is 25.4 Å². The first-order valence-corrected chi connectivity index (χ1v) is 17.3. The second-order valence-corrected chi connectivity index (χ2v) is 15.0. The number of likely N-dealkylation sites (tertiary alicyclic amines) is 2. The monoisotopic (exact) mass is 643 g/mol. The summed E-state index contributed by atoms with van der Waals surface area (Å²) in [6.45, 7) is 6.65. The van der Waals surface area contributed by atoms with Crippen LogP contribution < -0.4 is 10.0 Å².